The Morgan fingerprint density at radius 1 is 0.571 bits per heavy atom. The SMILES string of the molecule is CCCCCCCCC1CNCC1CCCCCCCC. The van der Waals surface area contributed by atoms with Crippen LogP contribution in [0.25, 0.3) is 0 Å². The van der Waals surface area contributed by atoms with Crippen LogP contribution in [0.5, 0.6) is 0 Å². The maximum Gasteiger partial charge on any atom is -0.00173 e. The van der Waals surface area contributed by atoms with Crippen LogP contribution in [-0.4, -0.2) is 13.1 Å². The highest BCUT2D eigenvalue weighted by Gasteiger charge is 2.25. The lowest BCUT2D eigenvalue weighted by Crippen LogP contribution is -2.12. The summed E-state index contributed by atoms with van der Waals surface area (Å²) in [5, 5.41) is 3.64. The molecule has 0 spiro atoms. The summed E-state index contributed by atoms with van der Waals surface area (Å²) in [6, 6.07) is 0. The van der Waals surface area contributed by atoms with Crippen LogP contribution in [0.2, 0.25) is 0 Å². The van der Waals surface area contributed by atoms with Crippen LogP contribution >= 0.6 is 0 Å². The van der Waals surface area contributed by atoms with E-state index in [-0.39, 0.29) is 0 Å². The summed E-state index contributed by atoms with van der Waals surface area (Å²) in [5.74, 6) is 1.98. The molecule has 21 heavy (non-hydrogen) atoms. The van der Waals surface area contributed by atoms with Crippen molar-refractivity contribution in [1.29, 1.82) is 0 Å². The molecule has 1 fully saturated rings. The fourth-order valence-corrected chi connectivity index (χ4v) is 3.84. The minimum Gasteiger partial charge on any atom is -0.316 e. The molecule has 1 heteroatoms. The van der Waals surface area contributed by atoms with Crippen molar-refractivity contribution < 1.29 is 0 Å². The van der Waals surface area contributed by atoms with Crippen LogP contribution in [0.15, 0.2) is 0 Å². The van der Waals surface area contributed by atoms with Gasteiger partial charge in [0, 0.05) is 0 Å². The van der Waals surface area contributed by atoms with E-state index in [2.05, 4.69) is 19.2 Å². The molecule has 0 saturated carbocycles. The normalized spacial score (nSPS) is 22.0. The molecule has 1 aliphatic rings. The van der Waals surface area contributed by atoms with E-state index in [0.29, 0.717) is 0 Å². The zero-order valence-electron chi connectivity index (χ0n) is 15.0. The standard InChI is InChI=1S/C20H41N/c1-3-5-7-9-11-13-15-19-17-21-18-20(19)16-14-12-10-8-6-4-2/h19-21H,3-18H2,1-2H3. The van der Waals surface area contributed by atoms with Gasteiger partial charge in [0.1, 0.15) is 0 Å². The predicted molar refractivity (Wildman–Crippen MR) is 95.8 cm³/mol. The molecule has 1 saturated heterocycles. The van der Waals surface area contributed by atoms with Crippen molar-refractivity contribution in [1.82, 2.24) is 5.32 Å². The molecule has 2 unspecified atom stereocenters. The molecule has 0 aliphatic carbocycles. The average molecular weight is 296 g/mol. The Bertz CT molecular complexity index is 192. The minimum atomic E-state index is 0.992. The van der Waals surface area contributed by atoms with Crippen LogP contribution in [0.3, 0.4) is 0 Å². The van der Waals surface area contributed by atoms with Crippen LogP contribution < -0.4 is 5.32 Å². The molecule has 0 aromatic carbocycles. The highest BCUT2D eigenvalue weighted by Crippen LogP contribution is 2.27. The van der Waals surface area contributed by atoms with Gasteiger partial charge in [-0.1, -0.05) is 90.9 Å². The first-order valence-corrected chi connectivity index (χ1v) is 10.1. The lowest BCUT2D eigenvalue weighted by Gasteiger charge is -2.18. The van der Waals surface area contributed by atoms with Gasteiger partial charge in [-0.3, -0.25) is 0 Å². The van der Waals surface area contributed by atoms with E-state index >= 15 is 0 Å². The second-order valence-electron chi connectivity index (χ2n) is 7.29. The number of rotatable bonds is 14. The Balaban J connectivity index is 1.98. The van der Waals surface area contributed by atoms with Gasteiger partial charge in [0.25, 0.3) is 0 Å². The number of hydrogen-bond acceptors (Lipinski definition) is 1. The Morgan fingerprint density at radius 3 is 1.38 bits per heavy atom. The third-order valence-electron chi connectivity index (χ3n) is 5.34. The van der Waals surface area contributed by atoms with Gasteiger partial charge in [0.05, 0.1) is 0 Å². The second-order valence-corrected chi connectivity index (χ2v) is 7.29. The van der Waals surface area contributed by atoms with E-state index in [9.17, 15) is 0 Å². The molecule has 0 radical (unpaired) electrons. The third-order valence-corrected chi connectivity index (χ3v) is 5.34. The average Bonchev–Trinajstić information content (AvgIpc) is 2.94. The van der Waals surface area contributed by atoms with E-state index in [4.69, 9.17) is 0 Å². The minimum absolute atomic E-state index is 0.992. The Morgan fingerprint density at radius 2 is 0.952 bits per heavy atom. The van der Waals surface area contributed by atoms with Gasteiger partial charge in [-0.25, -0.2) is 0 Å². The van der Waals surface area contributed by atoms with Crippen LogP contribution in [-0.2, 0) is 0 Å². The largest absolute Gasteiger partial charge is 0.316 e. The third kappa shape index (κ3) is 9.55. The Labute approximate surface area is 134 Å². The van der Waals surface area contributed by atoms with Crippen molar-refractivity contribution in [2.45, 2.75) is 104 Å². The van der Waals surface area contributed by atoms with Gasteiger partial charge in [-0.2, -0.15) is 0 Å². The van der Waals surface area contributed by atoms with Crippen molar-refractivity contribution in [2.75, 3.05) is 13.1 Å². The summed E-state index contributed by atoms with van der Waals surface area (Å²) < 4.78 is 0. The van der Waals surface area contributed by atoms with E-state index in [1.807, 2.05) is 0 Å². The zero-order chi connectivity index (χ0) is 15.2. The molecule has 2 atom stereocenters. The quantitative estimate of drug-likeness (QED) is 0.370. The smallest absolute Gasteiger partial charge is 0.00173 e. The van der Waals surface area contributed by atoms with Gasteiger partial charge in [0.15, 0.2) is 0 Å². The highest BCUT2D eigenvalue weighted by molar-refractivity contribution is 4.80. The van der Waals surface area contributed by atoms with Crippen LogP contribution in [0.1, 0.15) is 104 Å². The van der Waals surface area contributed by atoms with Gasteiger partial charge < -0.3 is 5.32 Å². The van der Waals surface area contributed by atoms with Crippen molar-refractivity contribution in [3.05, 3.63) is 0 Å². The fraction of sp³-hybridized carbons (Fsp3) is 1.00. The first-order chi connectivity index (χ1) is 10.4. The summed E-state index contributed by atoms with van der Waals surface area (Å²) in [6.45, 7) is 7.21. The van der Waals surface area contributed by atoms with Crippen LogP contribution in [0, 0.1) is 11.8 Å². The van der Waals surface area contributed by atoms with Crippen molar-refractivity contribution in [3.63, 3.8) is 0 Å². The van der Waals surface area contributed by atoms with E-state index in [1.54, 1.807) is 0 Å². The first-order valence-electron chi connectivity index (χ1n) is 10.1. The number of nitrogens with one attached hydrogen (secondary N) is 1. The molecule has 126 valence electrons. The molecule has 1 aliphatic heterocycles. The summed E-state index contributed by atoms with van der Waals surface area (Å²) in [7, 11) is 0. The van der Waals surface area contributed by atoms with Gasteiger partial charge in [-0.15, -0.1) is 0 Å². The van der Waals surface area contributed by atoms with E-state index in [0.717, 1.165) is 11.8 Å². The molecule has 0 aromatic rings. The molecule has 1 rings (SSSR count). The number of hydrogen-bond donors (Lipinski definition) is 1. The fourth-order valence-electron chi connectivity index (χ4n) is 3.84. The summed E-state index contributed by atoms with van der Waals surface area (Å²) in [6.07, 6.45) is 20.3. The summed E-state index contributed by atoms with van der Waals surface area (Å²) in [4.78, 5) is 0. The Hall–Kier alpha value is -0.0400. The van der Waals surface area contributed by atoms with Crippen molar-refractivity contribution in [2.24, 2.45) is 11.8 Å². The van der Waals surface area contributed by atoms with Crippen molar-refractivity contribution in [3.8, 4) is 0 Å². The summed E-state index contributed by atoms with van der Waals surface area (Å²) >= 11 is 0. The second kappa shape index (κ2) is 13.6. The molecule has 1 heterocycles. The molecule has 0 bridgehead atoms. The van der Waals surface area contributed by atoms with Gasteiger partial charge >= 0.3 is 0 Å². The number of unbranched alkanes of at least 4 members (excludes halogenated alkanes) is 10. The van der Waals surface area contributed by atoms with Crippen LogP contribution in [0.4, 0.5) is 0 Å². The zero-order valence-corrected chi connectivity index (χ0v) is 15.0. The highest BCUT2D eigenvalue weighted by atomic mass is 14.9. The first kappa shape index (κ1) is 19.0. The monoisotopic (exact) mass is 295 g/mol. The predicted octanol–water partition coefficient (Wildman–Crippen LogP) is 6.32. The topological polar surface area (TPSA) is 12.0 Å². The maximum atomic E-state index is 3.64. The molecular weight excluding hydrogens is 254 g/mol. The molecule has 0 amide bonds. The van der Waals surface area contributed by atoms with Gasteiger partial charge in [0.2, 0.25) is 0 Å². The van der Waals surface area contributed by atoms with E-state index in [1.165, 1.54) is 103 Å². The molecular formula is C20H41N. The maximum absolute atomic E-state index is 3.64. The Kier molecular flexibility index (Phi) is 12.3. The lowest BCUT2D eigenvalue weighted by molar-refractivity contribution is 0.346. The molecule has 1 N–H and O–H groups in total. The summed E-state index contributed by atoms with van der Waals surface area (Å²) in [5.41, 5.74) is 0. The molecule has 0 aromatic heterocycles. The van der Waals surface area contributed by atoms with Gasteiger partial charge in [-0.05, 0) is 37.8 Å². The molecule has 1 nitrogen and oxygen atoms in total. The van der Waals surface area contributed by atoms with E-state index < -0.39 is 0 Å². The lowest BCUT2D eigenvalue weighted by atomic mass is 9.86. The van der Waals surface area contributed by atoms with Crippen molar-refractivity contribution >= 4 is 0 Å².